The average Bonchev–Trinajstić information content (AvgIpc) is 2.74. The molecule has 0 aliphatic carbocycles. The van der Waals surface area contributed by atoms with Gasteiger partial charge in [-0.2, -0.15) is 0 Å². The predicted molar refractivity (Wildman–Crippen MR) is 65.7 cm³/mol. The van der Waals surface area contributed by atoms with Gasteiger partial charge >= 0.3 is 0 Å². The number of non-ortho nitro benzene ring substituents is 1. The highest BCUT2D eigenvalue weighted by molar-refractivity contribution is 6.35. The molecule has 1 N–H and O–H groups in total. The molecule has 0 radical (unpaired) electrons. The quantitative estimate of drug-likeness (QED) is 0.391. The van der Waals surface area contributed by atoms with Gasteiger partial charge in [0, 0.05) is 23.6 Å². The lowest BCUT2D eigenvalue weighted by molar-refractivity contribution is -0.383. The Balaban J connectivity index is 2.42. The van der Waals surface area contributed by atoms with Gasteiger partial charge in [0.05, 0.1) is 16.6 Å². The number of nitro groups is 1. The standard InChI is InChI=1S/C11H9ClN2O4/c12-9-1-2-10(14(16)17)11-8(9)5-7(13-11)3-4-18-6-15/h1-2,5-6,13H,3-4H2. The summed E-state index contributed by atoms with van der Waals surface area (Å²) in [5.41, 5.74) is 1.08. The first kappa shape index (κ1) is 12.4. The van der Waals surface area contributed by atoms with Crippen LogP contribution in [-0.2, 0) is 16.0 Å². The van der Waals surface area contributed by atoms with E-state index in [2.05, 4.69) is 9.72 Å². The van der Waals surface area contributed by atoms with Crippen molar-refractivity contribution in [1.82, 2.24) is 4.98 Å². The van der Waals surface area contributed by atoms with Crippen LogP contribution < -0.4 is 0 Å². The van der Waals surface area contributed by atoms with E-state index in [4.69, 9.17) is 11.6 Å². The summed E-state index contributed by atoms with van der Waals surface area (Å²) in [5.74, 6) is 0. The third-order valence-corrected chi connectivity index (χ3v) is 2.86. The molecule has 7 heteroatoms. The number of ether oxygens (including phenoxy) is 1. The highest BCUT2D eigenvalue weighted by atomic mass is 35.5. The van der Waals surface area contributed by atoms with E-state index in [9.17, 15) is 14.9 Å². The molecule has 0 spiro atoms. The van der Waals surface area contributed by atoms with E-state index in [1.165, 1.54) is 12.1 Å². The zero-order chi connectivity index (χ0) is 13.1. The lowest BCUT2D eigenvalue weighted by atomic mass is 10.2. The highest BCUT2D eigenvalue weighted by Gasteiger charge is 2.16. The van der Waals surface area contributed by atoms with Crippen LogP contribution in [0.2, 0.25) is 5.02 Å². The van der Waals surface area contributed by atoms with Crippen LogP contribution in [0.15, 0.2) is 18.2 Å². The zero-order valence-corrected chi connectivity index (χ0v) is 9.94. The van der Waals surface area contributed by atoms with Gasteiger partial charge in [-0.3, -0.25) is 14.9 Å². The fourth-order valence-electron chi connectivity index (χ4n) is 1.73. The summed E-state index contributed by atoms with van der Waals surface area (Å²) in [5, 5.41) is 11.9. The van der Waals surface area contributed by atoms with Crippen molar-refractivity contribution in [1.29, 1.82) is 0 Å². The Labute approximate surface area is 107 Å². The van der Waals surface area contributed by atoms with Crippen molar-refractivity contribution in [2.45, 2.75) is 6.42 Å². The Morgan fingerprint density at radius 3 is 2.94 bits per heavy atom. The minimum Gasteiger partial charge on any atom is -0.467 e. The molecule has 0 amide bonds. The number of hydrogen-bond acceptors (Lipinski definition) is 4. The number of H-pyrrole nitrogens is 1. The summed E-state index contributed by atoms with van der Waals surface area (Å²) in [6.07, 6.45) is 0.445. The second-order valence-corrected chi connectivity index (χ2v) is 4.03. The number of carbonyl (C=O) groups is 1. The first-order chi connectivity index (χ1) is 8.63. The molecular weight excluding hydrogens is 260 g/mol. The molecule has 2 rings (SSSR count). The first-order valence-corrected chi connectivity index (χ1v) is 5.51. The van der Waals surface area contributed by atoms with E-state index in [0.717, 1.165) is 5.69 Å². The number of benzene rings is 1. The normalized spacial score (nSPS) is 10.5. The second-order valence-electron chi connectivity index (χ2n) is 3.62. The average molecular weight is 269 g/mol. The first-order valence-electron chi connectivity index (χ1n) is 5.13. The molecule has 0 bridgehead atoms. The van der Waals surface area contributed by atoms with Crippen LogP contribution in [0.25, 0.3) is 10.9 Å². The SMILES string of the molecule is O=COCCc1cc2c(Cl)ccc([N+](=O)[O-])c2[nH]1. The summed E-state index contributed by atoms with van der Waals surface area (Å²) >= 11 is 5.98. The molecule has 0 aliphatic heterocycles. The van der Waals surface area contributed by atoms with Gasteiger partial charge in [-0.25, -0.2) is 0 Å². The molecule has 0 saturated heterocycles. The molecule has 1 aromatic carbocycles. The third kappa shape index (κ3) is 2.28. The smallest absolute Gasteiger partial charge is 0.293 e. The number of hydrogen-bond donors (Lipinski definition) is 1. The van der Waals surface area contributed by atoms with E-state index in [1.807, 2.05) is 0 Å². The Bertz CT molecular complexity index is 608. The van der Waals surface area contributed by atoms with E-state index in [0.29, 0.717) is 28.8 Å². The minimum atomic E-state index is -0.471. The van der Waals surface area contributed by atoms with Gasteiger partial charge in [0.25, 0.3) is 12.2 Å². The van der Waals surface area contributed by atoms with Gasteiger partial charge in [0.15, 0.2) is 0 Å². The molecule has 0 unspecified atom stereocenters. The molecule has 0 atom stereocenters. The second kappa shape index (κ2) is 5.05. The minimum absolute atomic E-state index is 0.0306. The summed E-state index contributed by atoms with van der Waals surface area (Å²) in [6, 6.07) is 4.56. The fourth-order valence-corrected chi connectivity index (χ4v) is 1.94. The van der Waals surface area contributed by atoms with Gasteiger partial charge < -0.3 is 9.72 Å². The van der Waals surface area contributed by atoms with Crippen LogP contribution in [0.1, 0.15) is 5.69 Å². The van der Waals surface area contributed by atoms with E-state index in [1.54, 1.807) is 6.07 Å². The summed E-state index contributed by atoms with van der Waals surface area (Å²) in [7, 11) is 0. The number of nitrogens with one attached hydrogen (secondary N) is 1. The van der Waals surface area contributed by atoms with Crippen molar-refractivity contribution >= 4 is 34.7 Å². The van der Waals surface area contributed by atoms with Gasteiger partial charge in [0.1, 0.15) is 5.52 Å². The highest BCUT2D eigenvalue weighted by Crippen LogP contribution is 2.31. The largest absolute Gasteiger partial charge is 0.467 e. The van der Waals surface area contributed by atoms with Gasteiger partial charge in [-0.15, -0.1) is 0 Å². The number of aromatic nitrogens is 1. The van der Waals surface area contributed by atoms with Crippen molar-refractivity contribution in [3.63, 3.8) is 0 Å². The van der Waals surface area contributed by atoms with Gasteiger partial charge in [0.2, 0.25) is 0 Å². The Morgan fingerprint density at radius 2 is 2.28 bits per heavy atom. The molecule has 1 heterocycles. The molecule has 18 heavy (non-hydrogen) atoms. The molecule has 0 saturated carbocycles. The summed E-state index contributed by atoms with van der Waals surface area (Å²) < 4.78 is 4.57. The summed E-state index contributed by atoms with van der Waals surface area (Å²) in [6.45, 7) is 0.569. The van der Waals surface area contributed by atoms with Crippen LogP contribution in [0.3, 0.4) is 0 Å². The summed E-state index contributed by atoms with van der Waals surface area (Å²) in [4.78, 5) is 23.3. The van der Waals surface area contributed by atoms with E-state index < -0.39 is 4.92 Å². The number of carbonyl (C=O) groups excluding carboxylic acids is 1. The lowest BCUT2D eigenvalue weighted by Crippen LogP contribution is -1.96. The van der Waals surface area contributed by atoms with Gasteiger partial charge in [-0.05, 0) is 12.1 Å². The predicted octanol–water partition coefficient (Wildman–Crippen LogP) is 2.45. The number of aromatic amines is 1. The third-order valence-electron chi connectivity index (χ3n) is 2.53. The number of halogens is 1. The van der Waals surface area contributed by atoms with Crippen LogP contribution in [0, 0.1) is 10.1 Å². The molecular formula is C11H9ClN2O4. The molecule has 6 nitrogen and oxygen atoms in total. The van der Waals surface area contributed by atoms with Crippen molar-refractivity contribution in [3.8, 4) is 0 Å². The van der Waals surface area contributed by atoms with Crippen LogP contribution >= 0.6 is 11.6 Å². The van der Waals surface area contributed by atoms with Crippen molar-refractivity contribution in [2.24, 2.45) is 0 Å². The number of nitro benzene ring substituents is 1. The lowest BCUT2D eigenvalue weighted by Gasteiger charge is -1.96. The van der Waals surface area contributed by atoms with Crippen LogP contribution in [-0.4, -0.2) is 23.0 Å². The van der Waals surface area contributed by atoms with E-state index >= 15 is 0 Å². The molecule has 1 aromatic heterocycles. The fraction of sp³-hybridized carbons (Fsp3) is 0.182. The molecule has 0 fully saturated rings. The maximum Gasteiger partial charge on any atom is 0.293 e. The van der Waals surface area contributed by atoms with Crippen LogP contribution in [0.5, 0.6) is 0 Å². The molecule has 2 aromatic rings. The topological polar surface area (TPSA) is 85.2 Å². The Morgan fingerprint density at radius 1 is 1.50 bits per heavy atom. The Kier molecular flexibility index (Phi) is 3.47. The van der Waals surface area contributed by atoms with Crippen molar-refractivity contribution < 1.29 is 14.5 Å². The van der Waals surface area contributed by atoms with Crippen molar-refractivity contribution in [2.75, 3.05) is 6.61 Å². The Hall–Kier alpha value is -2.08. The van der Waals surface area contributed by atoms with E-state index in [-0.39, 0.29) is 12.3 Å². The molecule has 94 valence electrons. The number of fused-ring (bicyclic) bond motifs is 1. The van der Waals surface area contributed by atoms with Crippen LogP contribution in [0.4, 0.5) is 5.69 Å². The maximum atomic E-state index is 10.9. The zero-order valence-electron chi connectivity index (χ0n) is 9.18. The van der Waals surface area contributed by atoms with Gasteiger partial charge in [-0.1, -0.05) is 11.6 Å². The number of rotatable bonds is 5. The monoisotopic (exact) mass is 268 g/mol. The van der Waals surface area contributed by atoms with Crippen molar-refractivity contribution in [3.05, 3.63) is 39.0 Å². The maximum absolute atomic E-state index is 10.9. The number of nitrogens with zero attached hydrogens (tertiary/aromatic N) is 1. The molecule has 0 aliphatic rings.